The maximum absolute atomic E-state index is 12.3. The Morgan fingerprint density at radius 2 is 2.00 bits per heavy atom. The molecule has 0 radical (unpaired) electrons. The minimum absolute atomic E-state index is 0.159. The number of nitrogens with zero attached hydrogens (tertiary/aromatic N) is 3. The number of benzene rings is 2. The summed E-state index contributed by atoms with van der Waals surface area (Å²) in [5.74, 6) is -0.159. The maximum Gasteiger partial charge on any atom is 0.255 e. The Labute approximate surface area is 131 Å². The van der Waals surface area contributed by atoms with Crippen LogP contribution in [0.2, 0.25) is 0 Å². The number of amides is 1. The highest BCUT2D eigenvalue weighted by atomic mass is 16.1. The van der Waals surface area contributed by atoms with Crippen LogP contribution >= 0.6 is 0 Å². The Morgan fingerprint density at radius 3 is 2.78 bits per heavy atom. The molecule has 0 atom stereocenters. The predicted molar refractivity (Wildman–Crippen MR) is 87.6 cm³/mol. The number of rotatable bonds is 3. The van der Waals surface area contributed by atoms with Crippen LogP contribution in [-0.4, -0.2) is 25.7 Å². The van der Waals surface area contributed by atoms with Gasteiger partial charge in [-0.15, -0.1) is 0 Å². The van der Waals surface area contributed by atoms with Gasteiger partial charge in [0.25, 0.3) is 5.91 Å². The molecule has 0 unspecified atom stereocenters. The summed E-state index contributed by atoms with van der Waals surface area (Å²) in [6.07, 6.45) is 5.20. The van der Waals surface area contributed by atoms with Gasteiger partial charge in [0.2, 0.25) is 0 Å². The van der Waals surface area contributed by atoms with Crippen molar-refractivity contribution in [2.75, 3.05) is 5.32 Å². The summed E-state index contributed by atoms with van der Waals surface area (Å²) in [6, 6.07) is 14.7. The summed E-state index contributed by atoms with van der Waals surface area (Å²) >= 11 is 0. The van der Waals surface area contributed by atoms with E-state index in [0.717, 1.165) is 22.4 Å². The standard InChI is InChI=1S/C17H13N5O/c23-17(12-2-7-15-16(10-12)19-11-18-15)21-13-3-5-14(6-4-13)22-9-1-8-20-22/h1-11H,(H,18,19)(H,21,23). The van der Waals surface area contributed by atoms with Gasteiger partial charge in [-0.3, -0.25) is 4.79 Å². The number of H-pyrrole nitrogens is 1. The van der Waals surface area contributed by atoms with E-state index in [2.05, 4.69) is 20.4 Å². The van der Waals surface area contributed by atoms with Gasteiger partial charge in [0, 0.05) is 23.6 Å². The molecular formula is C17H13N5O. The van der Waals surface area contributed by atoms with Gasteiger partial charge in [-0.2, -0.15) is 5.10 Å². The Morgan fingerprint density at radius 1 is 1.13 bits per heavy atom. The van der Waals surface area contributed by atoms with Crippen LogP contribution in [0.25, 0.3) is 16.7 Å². The first-order valence-corrected chi connectivity index (χ1v) is 7.14. The van der Waals surface area contributed by atoms with Gasteiger partial charge in [-0.1, -0.05) is 0 Å². The summed E-state index contributed by atoms with van der Waals surface area (Å²) in [4.78, 5) is 19.5. The van der Waals surface area contributed by atoms with Crippen molar-refractivity contribution >= 4 is 22.6 Å². The lowest BCUT2D eigenvalue weighted by Gasteiger charge is -2.07. The summed E-state index contributed by atoms with van der Waals surface area (Å²) in [5, 5.41) is 7.05. The molecule has 6 nitrogen and oxygen atoms in total. The Balaban J connectivity index is 1.53. The van der Waals surface area contributed by atoms with E-state index in [4.69, 9.17) is 0 Å². The zero-order valence-corrected chi connectivity index (χ0v) is 12.1. The lowest BCUT2D eigenvalue weighted by molar-refractivity contribution is 0.102. The van der Waals surface area contributed by atoms with E-state index in [-0.39, 0.29) is 5.91 Å². The van der Waals surface area contributed by atoms with Crippen molar-refractivity contribution in [1.82, 2.24) is 19.7 Å². The van der Waals surface area contributed by atoms with Crippen LogP contribution in [0.1, 0.15) is 10.4 Å². The predicted octanol–water partition coefficient (Wildman–Crippen LogP) is 3.00. The van der Waals surface area contributed by atoms with Crippen molar-refractivity contribution in [1.29, 1.82) is 0 Å². The number of anilines is 1. The highest BCUT2D eigenvalue weighted by Crippen LogP contribution is 2.16. The van der Waals surface area contributed by atoms with E-state index in [1.165, 1.54) is 0 Å². The fraction of sp³-hybridized carbons (Fsp3) is 0. The van der Waals surface area contributed by atoms with Crippen LogP contribution in [0.5, 0.6) is 0 Å². The number of hydrogen-bond acceptors (Lipinski definition) is 3. The number of aromatic nitrogens is 4. The van der Waals surface area contributed by atoms with Crippen LogP contribution in [0.3, 0.4) is 0 Å². The van der Waals surface area contributed by atoms with Crippen LogP contribution in [0, 0.1) is 0 Å². The first-order chi connectivity index (χ1) is 11.3. The monoisotopic (exact) mass is 303 g/mol. The van der Waals surface area contributed by atoms with E-state index >= 15 is 0 Å². The van der Waals surface area contributed by atoms with Gasteiger partial charge in [0.1, 0.15) is 0 Å². The van der Waals surface area contributed by atoms with Crippen molar-refractivity contribution in [3.05, 3.63) is 72.8 Å². The number of carbonyl (C=O) groups is 1. The van der Waals surface area contributed by atoms with Crippen molar-refractivity contribution < 1.29 is 4.79 Å². The molecule has 4 aromatic rings. The molecule has 23 heavy (non-hydrogen) atoms. The summed E-state index contributed by atoms with van der Waals surface area (Å²) in [5.41, 5.74) is 3.93. The molecule has 0 saturated heterocycles. The third-order valence-corrected chi connectivity index (χ3v) is 3.58. The van der Waals surface area contributed by atoms with Crippen LogP contribution in [0.15, 0.2) is 67.3 Å². The molecule has 4 rings (SSSR count). The van der Waals surface area contributed by atoms with E-state index in [1.54, 1.807) is 29.3 Å². The Hall–Kier alpha value is -3.41. The first-order valence-electron chi connectivity index (χ1n) is 7.14. The average Bonchev–Trinajstić information content (AvgIpc) is 3.26. The normalized spacial score (nSPS) is 10.8. The lowest BCUT2D eigenvalue weighted by Crippen LogP contribution is -2.11. The molecule has 0 aliphatic heterocycles. The second-order valence-corrected chi connectivity index (χ2v) is 5.09. The molecule has 2 N–H and O–H groups in total. The number of aromatic amines is 1. The summed E-state index contributed by atoms with van der Waals surface area (Å²) in [6.45, 7) is 0. The van der Waals surface area contributed by atoms with Gasteiger partial charge in [0.15, 0.2) is 0 Å². The fourth-order valence-corrected chi connectivity index (χ4v) is 2.40. The molecule has 2 aromatic carbocycles. The van der Waals surface area contributed by atoms with Gasteiger partial charge >= 0.3 is 0 Å². The van der Waals surface area contributed by atoms with Gasteiger partial charge in [0.05, 0.1) is 23.0 Å². The number of hydrogen-bond donors (Lipinski definition) is 2. The van der Waals surface area contributed by atoms with Gasteiger partial charge in [-0.25, -0.2) is 9.67 Å². The fourth-order valence-electron chi connectivity index (χ4n) is 2.40. The van der Waals surface area contributed by atoms with E-state index in [0.29, 0.717) is 5.56 Å². The third kappa shape index (κ3) is 2.57. The van der Waals surface area contributed by atoms with Gasteiger partial charge in [-0.05, 0) is 48.5 Å². The molecular weight excluding hydrogens is 290 g/mol. The highest BCUT2D eigenvalue weighted by Gasteiger charge is 2.08. The van der Waals surface area contributed by atoms with Crippen LogP contribution in [0.4, 0.5) is 5.69 Å². The molecule has 6 heteroatoms. The van der Waals surface area contributed by atoms with Crippen LogP contribution < -0.4 is 5.32 Å². The second-order valence-electron chi connectivity index (χ2n) is 5.09. The Kier molecular flexibility index (Phi) is 3.12. The molecule has 0 spiro atoms. The molecule has 2 heterocycles. The molecule has 112 valence electrons. The number of imidazole rings is 1. The Bertz CT molecular complexity index is 954. The van der Waals surface area contributed by atoms with E-state index < -0.39 is 0 Å². The van der Waals surface area contributed by atoms with Crippen molar-refractivity contribution in [2.24, 2.45) is 0 Å². The minimum atomic E-state index is -0.159. The molecule has 2 aromatic heterocycles. The van der Waals surface area contributed by atoms with Crippen LogP contribution in [-0.2, 0) is 0 Å². The van der Waals surface area contributed by atoms with Gasteiger partial charge < -0.3 is 10.3 Å². The lowest BCUT2D eigenvalue weighted by atomic mass is 10.2. The van der Waals surface area contributed by atoms with Crippen molar-refractivity contribution in [2.45, 2.75) is 0 Å². The molecule has 0 bridgehead atoms. The van der Waals surface area contributed by atoms with Crippen molar-refractivity contribution in [3.8, 4) is 5.69 Å². The number of carbonyl (C=O) groups excluding carboxylic acids is 1. The molecule has 0 saturated carbocycles. The van der Waals surface area contributed by atoms with E-state index in [1.807, 2.05) is 42.6 Å². The average molecular weight is 303 g/mol. The molecule has 0 aliphatic rings. The SMILES string of the molecule is O=C(Nc1ccc(-n2cccn2)cc1)c1ccc2nc[nH]c2c1. The second kappa shape index (κ2) is 5.42. The molecule has 0 aliphatic carbocycles. The number of fused-ring (bicyclic) bond motifs is 1. The third-order valence-electron chi connectivity index (χ3n) is 3.58. The maximum atomic E-state index is 12.3. The number of nitrogens with one attached hydrogen (secondary N) is 2. The summed E-state index contributed by atoms with van der Waals surface area (Å²) < 4.78 is 1.76. The highest BCUT2D eigenvalue weighted by molar-refractivity contribution is 6.05. The topological polar surface area (TPSA) is 75.6 Å². The largest absolute Gasteiger partial charge is 0.345 e. The quantitative estimate of drug-likeness (QED) is 0.611. The zero-order chi connectivity index (χ0) is 15.6. The smallest absolute Gasteiger partial charge is 0.255 e. The minimum Gasteiger partial charge on any atom is -0.345 e. The summed E-state index contributed by atoms with van der Waals surface area (Å²) in [7, 11) is 0. The first kappa shape index (κ1) is 13.3. The molecule has 0 fully saturated rings. The van der Waals surface area contributed by atoms with E-state index in [9.17, 15) is 4.79 Å². The molecule has 1 amide bonds. The zero-order valence-electron chi connectivity index (χ0n) is 12.1. The van der Waals surface area contributed by atoms with Crippen molar-refractivity contribution in [3.63, 3.8) is 0 Å².